The molecule has 1 aromatic carbocycles. The Bertz CT molecular complexity index is 417. The summed E-state index contributed by atoms with van der Waals surface area (Å²) in [5.41, 5.74) is 9.71. The third-order valence-electron chi connectivity index (χ3n) is 3.36. The second-order valence-electron chi connectivity index (χ2n) is 5.05. The van der Waals surface area contributed by atoms with E-state index in [1.54, 1.807) is 0 Å². The van der Waals surface area contributed by atoms with Gasteiger partial charge in [-0.2, -0.15) is 0 Å². The number of rotatable bonds is 5. The fourth-order valence-electron chi connectivity index (χ4n) is 2.35. The van der Waals surface area contributed by atoms with Gasteiger partial charge in [-0.1, -0.05) is 25.1 Å². The van der Waals surface area contributed by atoms with Gasteiger partial charge in [0.05, 0.1) is 0 Å². The third-order valence-corrected chi connectivity index (χ3v) is 4.96. The zero-order chi connectivity index (χ0) is 12.3. The highest BCUT2D eigenvalue weighted by atomic mass is 32.2. The van der Waals surface area contributed by atoms with Crippen LogP contribution in [0.2, 0.25) is 0 Å². The van der Waals surface area contributed by atoms with Crippen LogP contribution in [-0.4, -0.2) is 16.5 Å². The minimum atomic E-state index is -0.777. The zero-order valence-corrected chi connectivity index (χ0v) is 11.3. The second-order valence-corrected chi connectivity index (χ2v) is 6.55. The van der Waals surface area contributed by atoms with Crippen LogP contribution in [-0.2, 0) is 29.4 Å². The van der Waals surface area contributed by atoms with Gasteiger partial charge in [-0.3, -0.25) is 4.21 Å². The molecule has 2 atom stereocenters. The number of aryl methyl sites for hydroxylation is 2. The monoisotopic (exact) mass is 251 g/mol. The van der Waals surface area contributed by atoms with E-state index in [1.807, 2.05) is 0 Å². The van der Waals surface area contributed by atoms with Crippen LogP contribution in [0, 0.1) is 5.92 Å². The SMILES string of the molecule is CC(CN)CS(=O)Cc1ccc2c(c1)CCC2. The van der Waals surface area contributed by atoms with Gasteiger partial charge in [0.1, 0.15) is 0 Å². The van der Waals surface area contributed by atoms with Crippen molar-refractivity contribution in [3.63, 3.8) is 0 Å². The van der Waals surface area contributed by atoms with Gasteiger partial charge in [0.25, 0.3) is 0 Å². The van der Waals surface area contributed by atoms with Crippen LogP contribution in [0.1, 0.15) is 30.0 Å². The van der Waals surface area contributed by atoms with Crippen LogP contribution in [0.4, 0.5) is 0 Å². The largest absolute Gasteiger partial charge is 0.330 e. The maximum atomic E-state index is 11.9. The Morgan fingerprint density at radius 2 is 2.12 bits per heavy atom. The Balaban J connectivity index is 1.97. The predicted molar refractivity (Wildman–Crippen MR) is 73.4 cm³/mol. The molecule has 2 rings (SSSR count). The molecule has 0 bridgehead atoms. The normalized spacial score (nSPS) is 17.8. The molecule has 3 heteroatoms. The van der Waals surface area contributed by atoms with Crippen LogP contribution in [0.3, 0.4) is 0 Å². The van der Waals surface area contributed by atoms with E-state index in [-0.39, 0.29) is 0 Å². The summed E-state index contributed by atoms with van der Waals surface area (Å²) in [4.78, 5) is 0. The van der Waals surface area contributed by atoms with E-state index in [1.165, 1.54) is 36.0 Å². The second kappa shape index (κ2) is 5.78. The quantitative estimate of drug-likeness (QED) is 0.870. The lowest BCUT2D eigenvalue weighted by molar-refractivity contribution is 0.640. The summed E-state index contributed by atoms with van der Waals surface area (Å²) in [6, 6.07) is 6.59. The van der Waals surface area contributed by atoms with Crippen LogP contribution in [0.5, 0.6) is 0 Å². The van der Waals surface area contributed by atoms with Crippen molar-refractivity contribution in [1.29, 1.82) is 0 Å². The third kappa shape index (κ3) is 3.39. The van der Waals surface area contributed by atoms with Crippen LogP contribution in [0.25, 0.3) is 0 Å². The van der Waals surface area contributed by atoms with Gasteiger partial charge in [-0.05, 0) is 48.4 Å². The molecular formula is C14H21NOS. The number of hydrogen-bond acceptors (Lipinski definition) is 2. The van der Waals surface area contributed by atoms with E-state index in [4.69, 9.17) is 5.73 Å². The highest BCUT2D eigenvalue weighted by Gasteiger charge is 2.12. The van der Waals surface area contributed by atoms with E-state index >= 15 is 0 Å². The molecule has 94 valence electrons. The first-order valence-electron chi connectivity index (χ1n) is 6.34. The summed E-state index contributed by atoms with van der Waals surface area (Å²) in [5, 5.41) is 0. The molecule has 2 nitrogen and oxygen atoms in total. The molecular weight excluding hydrogens is 230 g/mol. The zero-order valence-electron chi connectivity index (χ0n) is 10.4. The van der Waals surface area contributed by atoms with Gasteiger partial charge in [0, 0.05) is 22.3 Å². The van der Waals surface area contributed by atoms with Crippen molar-refractivity contribution in [2.75, 3.05) is 12.3 Å². The highest BCUT2D eigenvalue weighted by molar-refractivity contribution is 7.84. The first-order chi connectivity index (χ1) is 8.19. The van der Waals surface area contributed by atoms with Gasteiger partial charge in [0.2, 0.25) is 0 Å². The summed E-state index contributed by atoms with van der Waals surface area (Å²) in [7, 11) is -0.777. The Labute approximate surface area is 106 Å². The van der Waals surface area contributed by atoms with E-state index < -0.39 is 10.8 Å². The molecule has 0 radical (unpaired) electrons. The van der Waals surface area contributed by atoms with Gasteiger partial charge < -0.3 is 5.73 Å². The van der Waals surface area contributed by atoms with Crippen LogP contribution in [0.15, 0.2) is 18.2 Å². The van der Waals surface area contributed by atoms with Crippen molar-refractivity contribution in [2.24, 2.45) is 11.7 Å². The Morgan fingerprint density at radius 1 is 1.35 bits per heavy atom. The molecule has 0 amide bonds. The average Bonchev–Trinajstić information content (AvgIpc) is 2.75. The summed E-state index contributed by atoms with van der Waals surface area (Å²) < 4.78 is 11.9. The lowest BCUT2D eigenvalue weighted by atomic mass is 10.1. The predicted octanol–water partition coefficient (Wildman–Crippen LogP) is 2.02. The van der Waals surface area contributed by atoms with Crippen molar-refractivity contribution in [2.45, 2.75) is 31.9 Å². The topological polar surface area (TPSA) is 43.1 Å². The minimum absolute atomic E-state index is 0.352. The van der Waals surface area contributed by atoms with Gasteiger partial charge in [-0.15, -0.1) is 0 Å². The van der Waals surface area contributed by atoms with Crippen molar-refractivity contribution in [3.05, 3.63) is 34.9 Å². The molecule has 0 saturated carbocycles. The number of fused-ring (bicyclic) bond motifs is 1. The van der Waals surface area contributed by atoms with Gasteiger partial charge >= 0.3 is 0 Å². The fourth-order valence-corrected chi connectivity index (χ4v) is 3.79. The summed E-state index contributed by atoms with van der Waals surface area (Å²) in [6.45, 7) is 2.68. The molecule has 1 aliphatic carbocycles. The molecule has 0 fully saturated rings. The van der Waals surface area contributed by atoms with Gasteiger partial charge in [0.15, 0.2) is 0 Å². The summed E-state index contributed by atoms with van der Waals surface area (Å²) >= 11 is 0. The van der Waals surface area contributed by atoms with Crippen molar-refractivity contribution in [1.82, 2.24) is 0 Å². The molecule has 0 aromatic heterocycles. The molecule has 1 aliphatic rings. The Hall–Kier alpha value is -0.670. The molecule has 0 spiro atoms. The first kappa shape index (κ1) is 12.8. The van der Waals surface area contributed by atoms with Crippen LogP contribution < -0.4 is 5.73 Å². The maximum Gasteiger partial charge on any atom is 0.0485 e. The standard InChI is InChI=1S/C14H21NOS/c1-11(8-15)9-17(16)10-12-5-6-13-3-2-4-14(13)7-12/h5-7,11H,2-4,8-10,15H2,1H3. The smallest absolute Gasteiger partial charge is 0.0485 e. The lowest BCUT2D eigenvalue weighted by Crippen LogP contribution is -2.18. The fraction of sp³-hybridized carbons (Fsp3) is 0.571. The lowest BCUT2D eigenvalue weighted by Gasteiger charge is -2.09. The highest BCUT2D eigenvalue weighted by Crippen LogP contribution is 2.23. The Morgan fingerprint density at radius 3 is 2.88 bits per heavy atom. The molecule has 0 aliphatic heterocycles. The molecule has 2 unspecified atom stereocenters. The molecule has 0 saturated heterocycles. The van der Waals surface area contributed by atoms with E-state index in [2.05, 4.69) is 25.1 Å². The molecule has 17 heavy (non-hydrogen) atoms. The van der Waals surface area contributed by atoms with Crippen LogP contribution >= 0.6 is 0 Å². The van der Waals surface area contributed by atoms with Crippen molar-refractivity contribution in [3.8, 4) is 0 Å². The summed E-state index contributed by atoms with van der Waals surface area (Å²) in [5.74, 6) is 1.75. The number of nitrogens with two attached hydrogens (primary N) is 1. The van der Waals surface area contributed by atoms with E-state index in [9.17, 15) is 4.21 Å². The first-order valence-corrected chi connectivity index (χ1v) is 7.83. The maximum absolute atomic E-state index is 11.9. The number of benzene rings is 1. The van der Waals surface area contributed by atoms with Crippen molar-refractivity contribution >= 4 is 10.8 Å². The Kier molecular flexibility index (Phi) is 4.35. The van der Waals surface area contributed by atoms with Gasteiger partial charge in [-0.25, -0.2) is 0 Å². The molecule has 1 aromatic rings. The molecule has 2 N–H and O–H groups in total. The minimum Gasteiger partial charge on any atom is -0.330 e. The van der Waals surface area contributed by atoms with Crippen molar-refractivity contribution < 1.29 is 4.21 Å². The van der Waals surface area contributed by atoms with E-state index in [0.717, 1.165) is 0 Å². The van der Waals surface area contributed by atoms with E-state index in [0.29, 0.717) is 24.0 Å². The summed E-state index contributed by atoms with van der Waals surface area (Å²) in [6.07, 6.45) is 3.67. The molecule has 0 heterocycles. The average molecular weight is 251 g/mol. The number of hydrogen-bond donors (Lipinski definition) is 1.